The maximum Gasteiger partial charge on any atom is 0.337 e. The Labute approximate surface area is 169 Å². The molecule has 0 radical (unpaired) electrons. The molecule has 0 aromatic heterocycles. The fraction of sp³-hybridized carbons (Fsp3) is 0.824. The van der Waals surface area contributed by atoms with Crippen LogP contribution in [-0.2, 0) is 28.5 Å². The molecule has 0 aromatic carbocycles. The van der Waals surface area contributed by atoms with E-state index in [1.54, 1.807) is 0 Å². The zero-order valence-electron chi connectivity index (χ0n) is 15.7. The van der Waals surface area contributed by atoms with Crippen LogP contribution in [0.1, 0.15) is 0 Å². The van der Waals surface area contributed by atoms with Gasteiger partial charge in [0.1, 0.15) is 30.5 Å². The van der Waals surface area contributed by atoms with Gasteiger partial charge in [-0.2, -0.15) is 0 Å². The van der Waals surface area contributed by atoms with Crippen molar-refractivity contribution in [2.24, 2.45) is 11.8 Å². The van der Waals surface area contributed by atoms with E-state index in [0.717, 1.165) is 13.4 Å². The molecule has 7 N–H and O–H groups in total. The highest BCUT2D eigenvalue weighted by Gasteiger charge is 2.77. The van der Waals surface area contributed by atoms with Gasteiger partial charge in [-0.05, 0) is 0 Å². The summed E-state index contributed by atoms with van der Waals surface area (Å²) in [4.78, 5) is 12.1. The zero-order chi connectivity index (χ0) is 22.0. The van der Waals surface area contributed by atoms with E-state index < -0.39 is 85.5 Å². The van der Waals surface area contributed by atoms with Gasteiger partial charge in [-0.3, -0.25) is 0 Å². The lowest BCUT2D eigenvalue weighted by atomic mass is 9.78. The van der Waals surface area contributed by atoms with E-state index in [0.29, 0.717) is 0 Å². The summed E-state index contributed by atoms with van der Waals surface area (Å²) in [5.41, 5.74) is -2.30. The van der Waals surface area contributed by atoms with Crippen LogP contribution in [0.25, 0.3) is 0 Å². The van der Waals surface area contributed by atoms with Crippen LogP contribution in [0, 0.1) is 11.8 Å². The molecule has 1 aliphatic carbocycles. The maximum atomic E-state index is 12.1. The van der Waals surface area contributed by atoms with Gasteiger partial charge in [-0.25, -0.2) is 4.79 Å². The summed E-state index contributed by atoms with van der Waals surface area (Å²) < 4.78 is 26.3. The number of ether oxygens (including phenoxy) is 5. The smallest absolute Gasteiger partial charge is 0.337 e. The van der Waals surface area contributed by atoms with Gasteiger partial charge >= 0.3 is 5.97 Å². The molecule has 0 unspecified atom stereocenters. The van der Waals surface area contributed by atoms with Gasteiger partial charge in [0, 0.05) is 5.92 Å². The normalized spacial score (nSPS) is 49.7. The van der Waals surface area contributed by atoms with Crippen molar-refractivity contribution in [3.05, 3.63) is 11.8 Å². The first-order valence-electron chi connectivity index (χ1n) is 9.30. The molecule has 3 fully saturated rings. The van der Waals surface area contributed by atoms with Gasteiger partial charge in [0.2, 0.25) is 6.29 Å². The summed E-state index contributed by atoms with van der Waals surface area (Å²) in [6.45, 7) is -0.688. The van der Waals surface area contributed by atoms with Crippen molar-refractivity contribution in [1.82, 2.24) is 0 Å². The summed E-state index contributed by atoms with van der Waals surface area (Å²) in [6, 6.07) is 0. The molecular weight excluding hydrogens is 412 g/mol. The van der Waals surface area contributed by atoms with Gasteiger partial charge in [0.25, 0.3) is 0 Å². The predicted molar refractivity (Wildman–Crippen MR) is 88.6 cm³/mol. The van der Waals surface area contributed by atoms with Crippen LogP contribution in [0.3, 0.4) is 0 Å². The van der Waals surface area contributed by atoms with Crippen molar-refractivity contribution < 1.29 is 64.2 Å². The van der Waals surface area contributed by atoms with Crippen LogP contribution in [0.5, 0.6) is 0 Å². The van der Waals surface area contributed by atoms with E-state index >= 15 is 0 Å². The highest BCUT2D eigenvalue weighted by Crippen LogP contribution is 2.60. The number of aliphatic hydroxyl groups is 7. The minimum Gasteiger partial charge on any atom is -0.471 e. The first-order chi connectivity index (χ1) is 14.2. The highest BCUT2D eigenvalue weighted by molar-refractivity contribution is 5.89. The molecule has 0 bridgehead atoms. The Morgan fingerprint density at radius 1 is 1.17 bits per heavy atom. The average Bonchev–Trinajstić information content (AvgIpc) is 3.48. The van der Waals surface area contributed by atoms with Crippen LogP contribution in [-0.4, -0.2) is 117 Å². The molecule has 4 rings (SSSR count). The molecule has 13 heteroatoms. The molecule has 170 valence electrons. The molecule has 2 saturated heterocycles. The number of hydrogen-bond acceptors (Lipinski definition) is 13. The molecule has 0 amide bonds. The topological polar surface area (TPSA) is 208 Å². The summed E-state index contributed by atoms with van der Waals surface area (Å²) >= 11 is 0. The van der Waals surface area contributed by atoms with Crippen LogP contribution in [0.4, 0.5) is 0 Å². The number of epoxide rings is 1. The number of rotatable bonds is 5. The molecule has 0 spiro atoms. The van der Waals surface area contributed by atoms with Crippen LogP contribution in [0.2, 0.25) is 0 Å². The Morgan fingerprint density at radius 3 is 2.47 bits per heavy atom. The van der Waals surface area contributed by atoms with Crippen LogP contribution < -0.4 is 0 Å². The van der Waals surface area contributed by atoms with E-state index in [1.165, 1.54) is 0 Å². The third-order valence-corrected chi connectivity index (χ3v) is 6.19. The Bertz CT molecular complexity index is 710. The highest BCUT2D eigenvalue weighted by atomic mass is 16.8. The fourth-order valence-electron chi connectivity index (χ4n) is 4.56. The van der Waals surface area contributed by atoms with E-state index in [9.17, 15) is 40.5 Å². The van der Waals surface area contributed by atoms with Gasteiger partial charge in [-0.1, -0.05) is 0 Å². The Kier molecular flexibility index (Phi) is 5.55. The first kappa shape index (κ1) is 21.8. The van der Waals surface area contributed by atoms with Gasteiger partial charge in [0.05, 0.1) is 37.6 Å². The van der Waals surface area contributed by atoms with Gasteiger partial charge < -0.3 is 59.4 Å². The summed E-state index contributed by atoms with van der Waals surface area (Å²) in [7, 11) is 1.14. The lowest BCUT2D eigenvalue weighted by molar-refractivity contribution is -0.356. The third-order valence-electron chi connectivity index (χ3n) is 6.19. The van der Waals surface area contributed by atoms with Crippen molar-refractivity contribution in [2.45, 2.75) is 61.1 Å². The third kappa shape index (κ3) is 3.05. The molecule has 11 atom stereocenters. The van der Waals surface area contributed by atoms with E-state index in [2.05, 4.69) is 0 Å². The van der Waals surface area contributed by atoms with Crippen molar-refractivity contribution in [2.75, 3.05) is 13.7 Å². The molecule has 3 heterocycles. The molecule has 13 nitrogen and oxygen atoms in total. The molecule has 3 aliphatic heterocycles. The largest absolute Gasteiger partial charge is 0.471 e. The number of hydrogen-bond donors (Lipinski definition) is 7. The molecule has 4 aliphatic rings. The second kappa shape index (κ2) is 7.63. The van der Waals surface area contributed by atoms with E-state index in [1.807, 2.05) is 0 Å². The number of methoxy groups -OCH3 is 1. The maximum absolute atomic E-state index is 12.1. The van der Waals surface area contributed by atoms with Crippen molar-refractivity contribution in [3.8, 4) is 0 Å². The molecule has 0 aromatic rings. The Morgan fingerprint density at radius 2 is 1.87 bits per heavy atom. The van der Waals surface area contributed by atoms with Gasteiger partial charge in [-0.15, -0.1) is 0 Å². The minimum absolute atomic E-state index is 0.0137. The molecule has 1 saturated carbocycles. The second-order valence-electron chi connectivity index (χ2n) is 7.74. The number of aliphatic hydroxyl groups excluding tert-OH is 5. The zero-order valence-corrected chi connectivity index (χ0v) is 15.7. The number of carbonyl (C=O) groups excluding carboxylic acids is 1. The minimum atomic E-state index is -2.29. The average molecular weight is 436 g/mol. The summed E-state index contributed by atoms with van der Waals surface area (Å²) in [5.74, 6) is -2.92. The second-order valence-corrected chi connectivity index (χ2v) is 7.74. The van der Waals surface area contributed by atoms with Gasteiger partial charge in [0.15, 0.2) is 18.2 Å². The Hall–Kier alpha value is -1.39. The number of esters is 1. The molecule has 30 heavy (non-hydrogen) atoms. The Balaban J connectivity index is 1.63. The van der Waals surface area contributed by atoms with Crippen molar-refractivity contribution in [1.29, 1.82) is 0 Å². The summed E-state index contributed by atoms with van der Waals surface area (Å²) in [5, 5.41) is 70.0. The first-order valence-corrected chi connectivity index (χ1v) is 9.30. The van der Waals surface area contributed by atoms with E-state index in [-0.39, 0.29) is 5.57 Å². The quantitative estimate of drug-likeness (QED) is 0.123. The monoisotopic (exact) mass is 436 g/mol. The lowest BCUT2D eigenvalue weighted by Gasteiger charge is -2.45. The predicted octanol–water partition coefficient (Wildman–Crippen LogP) is -4.73. The van der Waals surface area contributed by atoms with Crippen LogP contribution in [0.15, 0.2) is 11.8 Å². The number of carbonyl (C=O) groups is 1. The fourth-order valence-corrected chi connectivity index (χ4v) is 4.56. The van der Waals surface area contributed by atoms with Crippen molar-refractivity contribution in [3.63, 3.8) is 0 Å². The van der Waals surface area contributed by atoms with Crippen LogP contribution >= 0.6 is 0 Å². The number of fused-ring (bicyclic) bond motifs is 3. The summed E-state index contributed by atoms with van der Waals surface area (Å²) in [6.07, 6.45) is -12.5. The standard InChI is InChI=1S/C17H24O13/c1-26-13(22)4-3-27-14(7-6(4)11-12(29-11)17(7,25)16(23)24)30-15-10(21)9(20)8(19)5(2-18)28-15/h3,5-12,14-16,18-21,23-25H,2H2,1H3/t5-,6-,7-,8-,9+,10-,11+,12+,14+,15+,17-/m1/s1. The van der Waals surface area contributed by atoms with Crippen molar-refractivity contribution >= 4 is 5.97 Å². The molecular formula is C17H24O13. The SMILES string of the molecule is COC(=O)C1=CO[C@@H](O[C@@H]2O[C@H](CO)[C@@H](O)[C@H](O)[C@H]2O)[C@H]2[C@@H]1[C@@H]1O[C@@H]1[C@@]2(O)C(O)O. The van der Waals surface area contributed by atoms with E-state index in [4.69, 9.17) is 23.7 Å². The lowest BCUT2D eigenvalue weighted by Crippen LogP contribution is -2.62.